The van der Waals surface area contributed by atoms with Crippen molar-refractivity contribution in [1.29, 1.82) is 0 Å². The number of rotatable bonds is 5. The van der Waals surface area contributed by atoms with Crippen molar-refractivity contribution in [2.24, 2.45) is 0 Å². The Morgan fingerprint density at radius 1 is 1.05 bits per heavy atom. The van der Waals surface area contributed by atoms with Gasteiger partial charge in [0.1, 0.15) is 5.75 Å². The van der Waals surface area contributed by atoms with Gasteiger partial charge in [0, 0.05) is 16.9 Å². The van der Waals surface area contributed by atoms with Crippen molar-refractivity contribution in [2.45, 2.75) is 23.1 Å². The number of para-hydroxylation sites is 1. The number of benzene rings is 2. The fraction of sp³-hybridized carbons (Fsp3) is 0.188. The lowest BCUT2D eigenvalue weighted by Gasteiger charge is -2.10. The molecule has 0 atom stereocenters. The first-order valence-electron chi connectivity index (χ1n) is 6.19. The lowest BCUT2D eigenvalue weighted by atomic mass is 10.1. The van der Waals surface area contributed by atoms with Crippen LogP contribution in [0, 0.1) is 0 Å². The van der Waals surface area contributed by atoms with Gasteiger partial charge in [-0.2, -0.15) is 0 Å². The average Bonchev–Trinajstić information content (AvgIpc) is 2.47. The van der Waals surface area contributed by atoms with Gasteiger partial charge < -0.3 is 4.74 Å². The van der Waals surface area contributed by atoms with E-state index < -0.39 is 0 Å². The molecule has 0 saturated heterocycles. The van der Waals surface area contributed by atoms with Crippen LogP contribution in [0.2, 0.25) is 0 Å². The van der Waals surface area contributed by atoms with Gasteiger partial charge in [-0.15, -0.1) is 0 Å². The van der Waals surface area contributed by atoms with Crippen LogP contribution in [-0.2, 0) is 0 Å². The second-order valence-corrected chi connectivity index (χ2v) is 5.11. The quantitative estimate of drug-likeness (QED) is 0.753. The van der Waals surface area contributed by atoms with Crippen molar-refractivity contribution in [3.8, 4) is 5.75 Å². The lowest BCUT2D eigenvalue weighted by Crippen LogP contribution is -1.98. The molecule has 0 radical (unpaired) electrons. The average molecular weight is 272 g/mol. The lowest BCUT2D eigenvalue weighted by molar-refractivity contribution is 0.0985. The highest BCUT2D eigenvalue weighted by Gasteiger charge is 2.11. The van der Waals surface area contributed by atoms with E-state index in [-0.39, 0.29) is 5.78 Å². The molecular formula is C16H16O2S. The molecule has 2 aromatic rings. The molecule has 0 aromatic heterocycles. The van der Waals surface area contributed by atoms with E-state index >= 15 is 0 Å². The number of carbonyl (C=O) groups is 1. The fourth-order valence-corrected chi connectivity index (χ4v) is 2.87. The Bertz CT molecular complexity index is 578. The Kier molecular flexibility index (Phi) is 4.63. The van der Waals surface area contributed by atoms with Crippen molar-refractivity contribution in [3.63, 3.8) is 0 Å². The molecule has 0 heterocycles. The Morgan fingerprint density at radius 3 is 2.37 bits per heavy atom. The molecule has 19 heavy (non-hydrogen) atoms. The highest BCUT2D eigenvalue weighted by molar-refractivity contribution is 7.99. The second-order valence-electron chi connectivity index (χ2n) is 4.03. The van der Waals surface area contributed by atoms with Crippen LogP contribution in [-0.4, -0.2) is 12.9 Å². The summed E-state index contributed by atoms with van der Waals surface area (Å²) in [5, 5.41) is 0. The zero-order chi connectivity index (χ0) is 13.7. The zero-order valence-corrected chi connectivity index (χ0v) is 11.9. The Balaban J connectivity index is 2.36. The summed E-state index contributed by atoms with van der Waals surface area (Å²) in [4.78, 5) is 13.9. The molecule has 0 aliphatic rings. The van der Waals surface area contributed by atoms with E-state index in [0.717, 1.165) is 21.1 Å². The van der Waals surface area contributed by atoms with Gasteiger partial charge in [0.25, 0.3) is 0 Å². The maximum atomic E-state index is 11.9. The van der Waals surface area contributed by atoms with E-state index in [1.54, 1.807) is 18.9 Å². The van der Waals surface area contributed by atoms with Crippen molar-refractivity contribution >= 4 is 17.5 Å². The van der Waals surface area contributed by atoms with Crippen LogP contribution in [0.15, 0.2) is 58.3 Å². The van der Waals surface area contributed by atoms with Crippen LogP contribution >= 0.6 is 11.8 Å². The van der Waals surface area contributed by atoms with E-state index in [2.05, 4.69) is 0 Å². The van der Waals surface area contributed by atoms with E-state index in [0.29, 0.717) is 6.42 Å². The van der Waals surface area contributed by atoms with Crippen molar-refractivity contribution in [3.05, 3.63) is 54.1 Å². The molecule has 0 saturated carbocycles. The van der Waals surface area contributed by atoms with Crippen LogP contribution in [0.5, 0.6) is 5.75 Å². The maximum Gasteiger partial charge on any atom is 0.163 e. The molecule has 0 unspecified atom stereocenters. The van der Waals surface area contributed by atoms with Gasteiger partial charge in [0.15, 0.2) is 5.78 Å². The van der Waals surface area contributed by atoms with Crippen LogP contribution in [0.3, 0.4) is 0 Å². The summed E-state index contributed by atoms with van der Waals surface area (Å²) < 4.78 is 5.34. The number of ketones is 1. The van der Waals surface area contributed by atoms with Gasteiger partial charge in [-0.05, 0) is 18.2 Å². The Morgan fingerprint density at radius 2 is 1.68 bits per heavy atom. The van der Waals surface area contributed by atoms with Gasteiger partial charge >= 0.3 is 0 Å². The molecule has 3 heteroatoms. The summed E-state index contributed by atoms with van der Waals surface area (Å²) in [6.45, 7) is 1.88. The first-order chi connectivity index (χ1) is 9.26. The number of Topliss-reactive ketones (excluding diaryl/α,β-unsaturated/α-hetero) is 1. The first-order valence-corrected chi connectivity index (χ1v) is 7.01. The number of methoxy groups -OCH3 is 1. The number of ether oxygens (including phenoxy) is 1. The summed E-state index contributed by atoms with van der Waals surface area (Å²) in [5.74, 6) is 0.990. The van der Waals surface area contributed by atoms with E-state index in [1.165, 1.54) is 0 Å². The molecule has 0 N–H and O–H groups in total. The fourth-order valence-electron chi connectivity index (χ4n) is 1.80. The first kappa shape index (κ1) is 13.7. The van der Waals surface area contributed by atoms with Crippen molar-refractivity contribution in [2.75, 3.05) is 7.11 Å². The second kappa shape index (κ2) is 6.43. The third-order valence-electron chi connectivity index (χ3n) is 2.80. The van der Waals surface area contributed by atoms with Gasteiger partial charge in [-0.3, -0.25) is 4.79 Å². The van der Waals surface area contributed by atoms with Crippen LogP contribution in [0.1, 0.15) is 23.7 Å². The highest BCUT2D eigenvalue weighted by atomic mass is 32.2. The van der Waals surface area contributed by atoms with Crippen LogP contribution < -0.4 is 4.74 Å². The molecule has 0 spiro atoms. The van der Waals surface area contributed by atoms with Crippen molar-refractivity contribution < 1.29 is 9.53 Å². The third-order valence-corrected chi connectivity index (χ3v) is 3.93. The van der Waals surface area contributed by atoms with Crippen molar-refractivity contribution in [1.82, 2.24) is 0 Å². The maximum absolute atomic E-state index is 11.9. The predicted molar refractivity (Wildman–Crippen MR) is 78.2 cm³/mol. The molecule has 0 aliphatic carbocycles. The van der Waals surface area contributed by atoms with E-state index in [1.807, 2.05) is 55.5 Å². The molecule has 0 amide bonds. The molecule has 2 nitrogen and oxygen atoms in total. The third kappa shape index (κ3) is 3.18. The largest absolute Gasteiger partial charge is 0.496 e. The van der Waals surface area contributed by atoms with E-state index in [4.69, 9.17) is 4.74 Å². The summed E-state index contributed by atoms with van der Waals surface area (Å²) >= 11 is 1.56. The predicted octanol–water partition coefficient (Wildman–Crippen LogP) is 4.44. The number of hydrogen-bond acceptors (Lipinski definition) is 3. The monoisotopic (exact) mass is 272 g/mol. The van der Waals surface area contributed by atoms with E-state index in [9.17, 15) is 4.79 Å². The molecule has 2 rings (SSSR count). The van der Waals surface area contributed by atoms with Gasteiger partial charge in [0.2, 0.25) is 0 Å². The minimum Gasteiger partial charge on any atom is -0.496 e. The highest BCUT2D eigenvalue weighted by Crippen LogP contribution is 2.36. The van der Waals surface area contributed by atoms with Gasteiger partial charge in [-0.25, -0.2) is 0 Å². The molecule has 0 aliphatic heterocycles. The summed E-state index contributed by atoms with van der Waals surface area (Å²) in [5.41, 5.74) is 0.779. The summed E-state index contributed by atoms with van der Waals surface area (Å²) in [6, 6.07) is 15.5. The number of hydrogen-bond donors (Lipinski definition) is 0. The number of carbonyl (C=O) groups excluding carboxylic acids is 1. The van der Waals surface area contributed by atoms with Crippen LogP contribution in [0.25, 0.3) is 0 Å². The molecule has 98 valence electrons. The summed E-state index contributed by atoms with van der Waals surface area (Å²) in [7, 11) is 1.66. The Hall–Kier alpha value is -1.74. The standard InChI is InChI=1S/C16H16O2S/c1-3-13(17)12-8-4-6-10-15(12)19-16-11-7-5-9-14(16)18-2/h4-11H,3H2,1-2H3. The Labute approximate surface area is 117 Å². The minimum absolute atomic E-state index is 0.165. The minimum atomic E-state index is 0.165. The van der Waals surface area contributed by atoms with Crippen LogP contribution in [0.4, 0.5) is 0 Å². The zero-order valence-electron chi connectivity index (χ0n) is 11.1. The molecular weight excluding hydrogens is 256 g/mol. The molecule has 0 fully saturated rings. The topological polar surface area (TPSA) is 26.3 Å². The summed E-state index contributed by atoms with van der Waals surface area (Å²) in [6.07, 6.45) is 0.517. The smallest absolute Gasteiger partial charge is 0.163 e. The molecule has 0 bridgehead atoms. The normalized spacial score (nSPS) is 10.2. The SMILES string of the molecule is CCC(=O)c1ccccc1Sc1ccccc1OC. The van der Waals surface area contributed by atoms with Gasteiger partial charge in [0.05, 0.1) is 12.0 Å². The molecule has 2 aromatic carbocycles. The van der Waals surface area contributed by atoms with Gasteiger partial charge in [-0.1, -0.05) is 49.0 Å².